The smallest absolute Gasteiger partial charge is 0.225 e. The molecule has 6 nitrogen and oxygen atoms in total. The van der Waals surface area contributed by atoms with E-state index in [1.807, 2.05) is 62.9 Å². The first-order valence-electron chi connectivity index (χ1n) is 9.02. The second-order valence-electron chi connectivity index (χ2n) is 7.01. The van der Waals surface area contributed by atoms with Crippen LogP contribution in [-0.2, 0) is 9.53 Å². The van der Waals surface area contributed by atoms with Crippen LogP contribution in [0.3, 0.4) is 0 Å². The van der Waals surface area contributed by atoms with Gasteiger partial charge in [0.1, 0.15) is 11.9 Å². The molecule has 0 spiro atoms. The molecular formula is C20H26N4O2. The molecule has 1 aliphatic rings. The molecule has 1 atom stereocenters. The van der Waals surface area contributed by atoms with E-state index in [2.05, 4.69) is 15.3 Å². The summed E-state index contributed by atoms with van der Waals surface area (Å²) in [5.41, 5.74) is 3.61. The summed E-state index contributed by atoms with van der Waals surface area (Å²) < 4.78 is 5.90. The first kappa shape index (κ1) is 18.3. The Labute approximate surface area is 154 Å². The Morgan fingerprint density at radius 3 is 2.77 bits per heavy atom. The first-order chi connectivity index (χ1) is 12.4. The van der Waals surface area contributed by atoms with E-state index in [4.69, 9.17) is 4.74 Å². The Morgan fingerprint density at radius 2 is 2.04 bits per heavy atom. The number of amides is 1. The molecular weight excluding hydrogens is 328 g/mol. The molecule has 1 saturated heterocycles. The first-order valence-corrected chi connectivity index (χ1v) is 9.02. The predicted octanol–water partition coefficient (Wildman–Crippen LogP) is 3.39. The van der Waals surface area contributed by atoms with Crippen molar-refractivity contribution in [2.24, 2.45) is 5.92 Å². The molecule has 0 unspecified atom stereocenters. The Morgan fingerprint density at radius 1 is 1.23 bits per heavy atom. The van der Waals surface area contributed by atoms with Gasteiger partial charge in [0, 0.05) is 29.5 Å². The lowest BCUT2D eigenvalue weighted by Gasteiger charge is -2.34. The largest absolute Gasteiger partial charge is 0.368 e. The second-order valence-corrected chi connectivity index (χ2v) is 7.01. The zero-order valence-corrected chi connectivity index (χ0v) is 15.8. The van der Waals surface area contributed by atoms with Crippen LogP contribution in [0.25, 0.3) is 0 Å². The fourth-order valence-corrected chi connectivity index (χ4v) is 3.09. The molecule has 1 fully saturated rings. The summed E-state index contributed by atoms with van der Waals surface area (Å²) in [6.07, 6.45) is -0.211. The van der Waals surface area contributed by atoms with Crippen LogP contribution < -0.4 is 5.32 Å². The molecule has 0 aromatic carbocycles. The highest BCUT2D eigenvalue weighted by molar-refractivity contribution is 5.78. The third-order valence-corrected chi connectivity index (χ3v) is 4.34. The number of hydrogen-bond donors (Lipinski definition) is 1. The van der Waals surface area contributed by atoms with Crippen molar-refractivity contribution in [3.05, 3.63) is 47.4 Å². The maximum atomic E-state index is 12.3. The van der Waals surface area contributed by atoms with Crippen LogP contribution in [0.2, 0.25) is 0 Å². The SMILES string of the molecule is Cc1cccc(Nc2cc(C)nc([C@@H]3CN(C(=O)C(C)C)CCO3)c2)n1. The molecule has 0 bridgehead atoms. The Bertz CT molecular complexity index is 791. The van der Waals surface area contributed by atoms with Gasteiger partial charge >= 0.3 is 0 Å². The number of pyridine rings is 2. The molecule has 0 radical (unpaired) electrons. The molecule has 3 heterocycles. The van der Waals surface area contributed by atoms with Gasteiger partial charge in [-0.2, -0.15) is 0 Å². The van der Waals surface area contributed by atoms with Crippen LogP contribution >= 0.6 is 0 Å². The Hall–Kier alpha value is -2.47. The average Bonchev–Trinajstić information content (AvgIpc) is 2.60. The molecule has 138 valence electrons. The number of aromatic nitrogens is 2. The predicted molar refractivity (Wildman–Crippen MR) is 101 cm³/mol. The van der Waals surface area contributed by atoms with Gasteiger partial charge in [-0.3, -0.25) is 9.78 Å². The second kappa shape index (κ2) is 7.83. The normalized spacial score (nSPS) is 17.4. The van der Waals surface area contributed by atoms with Crippen molar-refractivity contribution in [1.82, 2.24) is 14.9 Å². The van der Waals surface area contributed by atoms with Crippen molar-refractivity contribution >= 4 is 17.4 Å². The highest BCUT2D eigenvalue weighted by Gasteiger charge is 2.27. The van der Waals surface area contributed by atoms with E-state index in [0.29, 0.717) is 19.7 Å². The third kappa shape index (κ3) is 4.38. The van der Waals surface area contributed by atoms with Crippen molar-refractivity contribution in [1.29, 1.82) is 0 Å². The minimum atomic E-state index is -0.211. The summed E-state index contributed by atoms with van der Waals surface area (Å²) >= 11 is 0. The molecule has 1 N–H and O–H groups in total. The van der Waals surface area contributed by atoms with Crippen LogP contribution in [0.4, 0.5) is 11.5 Å². The molecule has 2 aromatic heterocycles. The van der Waals surface area contributed by atoms with Crippen molar-refractivity contribution in [3.63, 3.8) is 0 Å². The molecule has 3 rings (SSSR count). The lowest BCUT2D eigenvalue weighted by atomic mass is 10.1. The highest BCUT2D eigenvalue weighted by atomic mass is 16.5. The highest BCUT2D eigenvalue weighted by Crippen LogP contribution is 2.26. The van der Waals surface area contributed by atoms with Gasteiger partial charge in [0.2, 0.25) is 5.91 Å². The number of anilines is 2. The standard InChI is InChI=1S/C20H26N4O2/c1-13(2)20(25)24-8-9-26-18(12-24)17-11-16(10-15(4)21-17)23-19-7-5-6-14(3)22-19/h5-7,10-11,13,18H,8-9,12H2,1-4H3,(H,21,22,23)/t18-/m0/s1. The summed E-state index contributed by atoms with van der Waals surface area (Å²) in [4.78, 5) is 23.3. The summed E-state index contributed by atoms with van der Waals surface area (Å²) in [5.74, 6) is 0.944. The van der Waals surface area contributed by atoms with Gasteiger partial charge in [-0.05, 0) is 38.1 Å². The van der Waals surface area contributed by atoms with Crippen molar-refractivity contribution in [3.8, 4) is 0 Å². The van der Waals surface area contributed by atoms with Crippen LogP contribution in [-0.4, -0.2) is 40.5 Å². The van der Waals surface area contributed by atoms with Crippen LogP contribution in [0.15, 0.2) is 30.3 Å². The number of rotatable bonds is 4. The van der Waals surface area contributed by atoms with Gasteiger partial charge in [0.15, 0.2) is 0 Å². The van der Waals surface area contributed by atoms with Gasteiger partial charge in [0.25, 0.3) is 0 Å². The molecule has 1 amide bonds. The fraction of sp³-hybridized carbons (Fsp3) is 0.450. The van der Waals surface area contributed by atoms with E-state index < -0.39 is 0 Å². The molecule has 26 heavy (non-hydrogen) atoms. The number of nitrogens with zero attached hydrogens (tertiary/aromatic N) is 3. The van der Waals surface area contributed by atoms with E-state index in [0.717, 1.165) is 28.6 Å². The molecule has 1 aliphatic heterocycles. The number of morpholine rings is 1. The van der Waals surface area contributed by atoms with Crippen LogP contribution in [0.5, 0.6) is 0 Å². The number of ether oxygens (including phenoxy) is 1. The van der Waals surface area contributed by atoms with Gasteiger partial charge in [0.05, 0.1) is 18.8 Å². The van der Waals surface area contributed by atoms with Crippen LogP contribution in [0.1, 0.15) is 37.0 Å². The van der Waals surface area contributed by atoms with Crippen LogP contribution in [0, 0.1) is 19.8 Å². The zero-order chi connectivity index (χ0) is 18.7. The number of carbonyl (C=O) groups is 1. The summed E-state index contributed by atoms with van der Waals surface area (Å²) in [5, 5.41) is 3.33. The number of aryl methyl sites for hydroxylation is 2. The van der Waals surface area contributed by atoms with Gasteiger partial charge in [-0.1, -0.05) is 19.9 Å². The summed E-state index contributed by atoms with van der Waals surface area (Å²) in [6, 6.07) is 9.82. The molecule has 2 aromatic rings. The quantitative estimate of drug-likeness (QED) is 0.911. The Kier molecular flexibility index (Phi) is 5.52. The number of hydrogen-bond acceptors (Lipinski definition) is 5. The van der Waals surface area contributed by atoms with E-state index in [1.165, 1.54) is 0 Å². The summed E-state index contributed by atoms with van der Waals surface area (Å²) in [7, 11) is 0. The van der Waals surface area contributed by atoms with Gasteiger partial charge in [-0.15, -0.1) is 0 Å². The van der Waals surface area contributed by atoms with Crippen molar-refractivity contribution in [2.75, 3.05) is 25.0 Å². The fourth-order valence-electron chi connectivity index (χ4n) is 3.09. The topological polar surface area (TPSA) is 67.4 Å². The van der Waals surface area contributed by atoms with E-state index in [9.17, 15) is 4.79 Å². The monoisotopic (exact) mass is 354 g/mol. The maximum Gasteiger partial charge on any atom is 0.225 e. The lowest BCUT2D eigenvalue weighted by Crippen LogP contribution is -2.44. The van der Waals surface area contributed by atoms with E-state index in [-0.39, 0.29) is 17.9 Å². The molecule has 6 heteroatoms. The molecule has 0 saturated carbocycles. The summed E-state index contributed by atoms with van der Waals surface area (Å²) in [6.45, 7) is 9.47. The van der Waals surface area contributed by atoms with E-state index >= 15 is 0 Å². The van der Waals surface area contributed by atoms with Crippen molar-refractivity contribution < 1.29 is 9.53 Å². The minimum absolute atomic E-state index is 0.0103. The van der Waals surface area contributed by atoms with E-state index in [1.54, 1.807) is 0 Å². The maximum absolute atomic E-state index is 12.3. The lowest BCUT2D eigenvalue weighted by molar-refractivity contribution is -0.142. The number of nitrogens with one attached hydrogen (secondary N) is 1. The van der Waals surface area contributed by atoms with Crippen molar-refractivity contribution in [2.45, 2.75) is 33.8 Å². The van der Waals surface area contributed by atoms with Gasteiger partial charge in [-0.25, -0.2) is 4.98 Å². The molecule has 0 aliphatic carbocycles. The number of carbonyl (C=O) groups excluding carboxylic acids is 1. The zero-order valence-electron chi connectivity index (χ0n) is 15.8. The average molecular weight is 354 g/mol. The Balaban J connectivity index is 1.79. The third-order valence-electron chi connectivity index (χ3n) is 4.34. The minimum Gasteiger partial charge on any atom is -0.368 e. The van der Waals surface area contributed by atoms with Gasteiger partial charge < -0.3 is 15.0 Å².